The predicted octanol–water partition coefficient (Wildman–Crippen LogP) is 9.58. The van der Waals surface area contributed by atoms with Gasteiger partial charge in [-0.1, -0.05) is 156 Å². The van der Waals surface area contributed by atoms with Gasteiger partial charge < -0.3 is 15.2 Å². The number of ether oxygens (including phenoxy) is 1. The standard InChI is InChI=1S/C34H67NO4/c1-5-8-11-14-16-17-18-19-21-23-25-28-32(37)39-33(38)30-34(35-4,29-26-13-10-7-3)31(36)27-24-22-20-15-12-9-6-2/h31,35-36H,5-30H2,1-4H3. The molecular weight excluding hydrogens is 486 g/mol. The van der Waals surface area contributed by atoms with Crippen LogP contribution in [-0.2, 0) is 14.3 Å². The second-order valence-corrected chi connectivity index (χ2v) is 12.0. The predicted molar refractivity (Wildman–Crippen MR) is 166 cm³/mol. The van der Waals surface area contributed by atoms with Gasteiger partial charge >= 0.3 is 11.9 Å². The molecule has 0 amide bonds. The molecule has 0 saturated carbocycles. The molecule has 0 aliphatic heterocycles. The van der Waals surface area contributed by atoms with Crippen LogP contribution < -0.4 is 5.32 Å². The summed E-state index contributed by atoms with van der Waals surface area (Å²) in [6.07, 6.45) is 27.2. The van der Waals surface area contributed by atoms with E-state index < -0.39 is 23.6 Å². The molecule has 0 aromatic heterocycles. The van der Waals surface area contributed by atoms with Crippen LogP contribution in [0.15, 0.2) is 0 Å². The highest BCUT2D eigenvalue weighted by atomic mass is 16.6. The zero-order chi connectivity index (χ0) is 29.0. The highest BCUT2D eigenvalue weighted by Crippen LogP contribution is 2.28. The van der Waals surface area contributed by atoms with Gasteiger partial charge in [-0.3, -0.25) is 9.59 Å². The molecule has 2 N–H and O–H groups in total. The fourth-order valence-corrected chi connectivity index (χ4v) is 5.60. The molecule has 0 radical (unpaired) electrons. The largest absolute Gasteiger partial charge is 0.393 e. The lowest BCUT2D eigenvalue weighted by atomic mass is 9.81. The highest BCUT2D eigenvalue weighted by molar-refractivity contribution is 5.86. The Balaban J connectivity index is 4.45. The lowest BCUT2D eigenvalue weighted by Gasteiger charge is -2.37. The lowest BCUT2D eigenvalue weighted by Crippen LogP contribution is -2.54. The molecule has 0 aliphatic rings. The summed E-state index contributed by atoms with van der Waals surface area (Å²) >= 11 is 0. The van der Waals surface area contributed by atoms with Crippen molar-refractivity contribution in [3.63, 3.8) is 0 Å². The molecule has 0 saturated heterocycles. The van der Waals surface area contributed by atoms with E-state index in [-0.39, 0.29) is 6.42 Å². The Bertz CT molecular complexity index is 567. The first-order chi connectivity index (χ1) is 19.0. The van der Waals surface area contributed by atoms with E-state index in [2.05, 4.69) is 26.1 Å². The Hall–Kier alpha value is -0.940. The molecule has 0 aromatic carbocycles. The molecule has 2 atom stereocenters. The minimum atomic E-state index is -0.732. The third-order valence-corrected chi connectivity index (χ3v) is 8.37. The summed E-state index contributed by atoms with van der Waals surface area (Å²) in [6, 6.07) is 0. The molecule has 5 heteroatoms. The van der Waals surface area contributed by atoms with Crippen LogP contribution in [0.3, 0.4) is 0 Å². The molecule has 0 spiro atoms. The second-order valence-electron chi connectivity index (χ2n) is 12.0. The van der Waals surface area contributed by atoms with Crippen molar-refractivity contribution in [3.8, 4) is 0 Å². The van der Waals surface area contributed by atoms with Crippen molar-refractivity contribution in [2.24, 2.45) is 0 Å². The van der Waals surface area contributed by atoms with Crippen LogP contribution in [0.4, 0.5) is 0 Å². The van der Waals surface area contributed by atoms with Crippen molar-refractivity contribution in [1.82, 2.24) is 5.32 Å². The minimum Gasteiger partial charge on any atom is -0.393 e. The van der Waals surface area contributed by atoms with Crippen molar-refractivity contribution >= 4 is 11.9 Å². The number of carbonyl (C=O) groups excluding carboxylic acids is 2. The SMILES string of the molecule is CCCCCCCCCCCCCC(=O)OC(=O)CC(CCCCCC)(NC)C(O)CCCCCCCCC. The maximum atomic E-state index is 12.8. The van der Waals surface area contributed by atoms with Crippen LogP contribution in [-0.4, -0.2) is 35.7 Å². The average molecular weight is 554 g/mol. The number of nitrogens with one attached hydrogen (secondary N) is 1. The maximum Gasteiger partial charge on any atom is 0.315 e. The molecule has 0 heterocycles. The topological polar surface area (TPSA) is 75.6 Å². The van der Waals surface area contributed by atoms with Gasteiger partial charge in [-0.05, 0) is 26.3 Å². The fourth-order valence-electron chi connectivity index (χ4n) is 5.60. The number of likely N-dealkylation sites (N-methyl/N-ethyl adjacent to an activating group) is 1. The zero-order valence-corrected chi connectivity index (χ0v) is 26.6. The number of aliphatic hydroxyl groups excluding tert-OH is 1. The summed E-state index contributed by atoms with van der Waals surface area (Å²) in [5, 5.41) is 14.5. The Labute approximate surface area is 243 Å². The van der Waals surface area contributed by atoms with Gasteiger partial charge in [0, 0.05) is 6.42 Å². The van der Waals surface area contributed by atoms with Gasteiger partial charge in [-0.25, -0.2) is 0 Å². The number of unbranched alkanes of at least 4 members (excludes halogenated alkanes) is 19. The van der Waals surface area contributed by atoms with Gasteiger partial charge in [-0.2, -0.15) is 0 Å². The first kappa shape index (κ1) is 38.1. The average Bonchev–Trinajstić information content (AvgIpc) is 2.92. The number of hydrogen-bond acceptors (Lipinski definition) is 5. The van der Waals surface area contributed by atoms with E-state index in [1.54, 1.807) is 0 Å². The highest BCUT2D eigenvalue weighted by Gasteiger charge is 2.38. The normalized spacial score (nSPS) is 13.8. The van der Waals surface area contributed by atoms with Crippen LogP contribution in [0.25, 0.3) is 0 Å². The lowest BCUT2D eigenvalue weighted by molar-refractivity contribution is -0.161. The van der Waals surface area contributed by atoms with Crippen molar-refractivity contribution in [2.45, 2.75) is 199 Å². The van der Waals surface area contributed by atoms with Crippen LogP contribution in [0.5, 0.6) is 0 Å². The van der Waals surface area contributed by atoms with Crippen LogP contribution >= 0.6 is 0 Å². The Morgan fingerprint density at radius 2 is 1.03 bits per heavy atom. The van der Waals surface area contributed by atoms with E-state index in [1.807, 2.05) is 7.05 Å². The summed E-state index contributed by atoms with van der Waals surface area (Å²) in [7, 11) is 1.83. The number of carbonyl (C=O) groups is 2. The first-order valence-corrected chi connectivity index (χ1v) is 17.1. The third-order valence-electron chi connectivity index (χ3n) is 8.37. The summed E-state index contributed by atoms with van der Waals surface area (Å²) < 4.78 is 5.23. The van der Waals surface area contributed by atoms with E-state index in [0.717, 1.165) is 57.8 Å². The minimum absolute atomic E-state index is 0.0390. The Morgan fingerprint density at radius 3 is 1.49 bits per heavy atom. The maximum absolute atomic E-state index is 12.8. The molecule has 0 aromatic rings. The van der Waals surface area contributed by atoms with Crippen LogP contribution in [0.1, 0.15) is 188 Å². The van der Waals surface area contributed by atoms with Gasteiger partial charge in [0.15, 0.2) is 0 Å². The number of rotatable bonds is 29. The second kappa shape index (κ2) is 27.2. The Morgan fingerprint density at radius 1 is 0.615 bits per heavy atom. The fraction of sp³-hybridized carbons (Fsp3) is 0.941. The van der Waals surface area contributed by atoms with E-state index in [4.69, 9.17) is 4.74 Å². The number of esters is 2. The summed E-state index contributed by atoms with van der Waals surface area (Å²) in [5.41, 5.74) is -0.732. The molecular formula is C34H67NO4. The molecule has 0 rings (SSSR count). The van der Waals surface area contributed by atoms with Crippen molar-refractivity contribution in [3.05, 3.63) is 0 Å². The van der Waals surface area contributed by atoms with E-state index in [9.17, 15) is 14.7 Å². The van der Waals surface area contributed by atoms with E-state index >= 15 is 0 Å². The molecule has 0 bridgehead atoms. The summed E-state index contributed by atoms with van der Waals surface area (Å²) in [4.78, 5) is 25.2. The quantitative estimate of drug-likeness (QED) is 0.0548. The molecule has 5 nitrogen and oxygen atoms in total. The molecule has 2 unspecified atom stereocenters. The monoisotopic (exact) mass is 554 g/mol. The first-order valence-electron chi connectivity index (χ1n) is 17.1. The molecule has 39 heavy (non-hydrogen) atoms. The van der Waals surface area contributed by atoms with Gasteiger partial charge in [0.25, 0.3) is 0 Å². The molecule has 0 aliphatic carbocycles. The van der Waals surface area contributed by atoms with Gasteiger partial charge in [-0.15, -0.1) is 0 Å². The van der Waals surface area contributed by atoms with Crippen molar-refractivity contribution < 1.29 is 19.4 Å². The number of aliphatic hydroxyl groups is 1. The third kappa shape index (κ3) is 21.5. The zero-order valence-electron chi connectivity index (χ0n) is 26.6. The van der Waals surface area contributed by atoms with Crippen molar-refractivity contribution in [2.75, 3.05) is 7.05 Å². The van der Waals surface area contributed by atoms with E-state index in [0.29, 0.717) is 19.3 Å². The Kier molecular flexibility index (Phi) is 26.6. The van der Waals surface area contributed by atoms with Crippen molar-refractivity contribution in [1.29, 1.82) is 0 Å². The van der Waals surface area contributed by atoms with Gasteiger partial charge in [0.1, 0.15) is 0 Å². The van der Waals surface area contributed by atoms with Gasteiger partial charge in [0.2, 0.25) is 0 Å². The van der Waals surface area contributed by atoms with Crippen LogP contribution in [0.2, 0.25) is 0 Å². The smallest absolute Gasteiger partial charge is 0.315 e. The summed E-state index contributed by atoms with van der Waals surface area (Å²) in [5.74, 6) is -0.931. The number of hydrogen-bond donors (Lipinski definition) is 2. The van der Waals surface area contributed by atoms with Crippen LogP contribution in [0, 0.1) is 0 Å². The van der Waals surface area contributed by atoms with E-state index in [1.165, 1.54) is 83.5 Å². The molecule has 0 fully saturated rings. The molecule has 232 valence electrons. The summed E-state index contributed by atoms with van der Waals surface area (Å²) in [6.45, 7) is 6.66. The van der Waals surface area contributed by atoms with Gasteiger partial charge in [0.05, 0.1) is 18.1 Å².